The number of carbonyl (C=O) groups excluding carboxylic acids is 1. The highest BCUT2D eigenvalue weighted by Crippen LogP contribution is 2.30. The first-order chi connectivity index (χ1) is 14.2. The predicted octanol–water partition coefficient (Wildman–Crippen LogP) is 2.73. The molecule has 1 amide bonds. The van der Waals surface area contributed by atoms with Crippen molar-refractivity contribution in [2.75, 3.05) is 0 Å². The first-order valence-corrected chi connectivity index (χ1v) is 10.8. The summed E-state index contributed by atoms with van der Waals surface area (Å²) >= 11 is 0. The number of aromatic nitrogens is 2. The smallest absolute Gasteiger partial charge is 0.267 e. The number of nitrogens with one attached hydrogen (secondary N) is 1. The van der Waals surface area contributed by atoms with Crippen LogP contribution in [0.2, 0.25) is 0 Å². The summed E-state index contributed by atoms with van der Waals surface area (Å²) in [5.41, 5.74) is 3.41. The summed E-state index contributed by atoms with van der Waals surface area (Å²) in [6.45, 7) is 0. The van der Waals surface area contributed by atoms with Gasteiger partial charge in [0.2, 0.25) is 0 Å². The van der Waals surface area contributed by atoms with Crippen LogP contribution >= 0.6 is 0 Å². The van der Waals surface area contributed by atoms with E-state index in [2.05, 4.69) is 16.5 Å². The van der Waals surface area contributed by atoms with Crippen LogP contribution in [-0.2, 0) is 24.1 Å². The molecule has 3 aliphatic rings. The molecule has 1 fully saturated rings. The van der Waals surface area contributed by atoms with Crippen molar-refractivity contribution in [3.05, 3.63) is 57.5 Å². The van der Waals surface area contributed by atoms with Crippen LogP contribution in [0.15, 0.2) is 35.1 Å². The number of ether oxygens (including phenoxy) is 1. The van der Waals surface area contributed by atoms with Gasteiger partial charge in [-0.15, -0.1) is 0 Å². The predicted molar refractivity (Wildman–Crippen MR) is 109 cm³/mol. The van der Waals surface area contributed by atoms with Gasteiger partial charge in [0, 0.05) is 12.1 Å². The molecule has 29 heavy (non-hydrogen) atoms. The van der Waals surface area contributed by atoms with Crippen LogP contribution in [0.1, 0.15) is 61.4 Å². The summed E-state index contributed by atoms with van der Waals surface area (Å²) in [5.74, 6) is 0.806. The monoisotopic (exact) mass is 393 g/mol. The van der Waals surface area contributed by atoms with E-state index in [0.29, 0.717) is 6.42 Å². The van der Waals surface area contributed by atoms with Gasteiger partial charge < -0.3 is 10.1 Å². The van der Waals surface area contributed by atoms with Crippen LogP contribution in [0.4, 0.5) is 0 Å². The Morgan fingerprint density at radius 3 is 2.72 bits per heavy atom. The molecule has 1 N–H and O–H groups in total. The second-order valence-corrected chi connectivity index (χ2v) is 8.52. The number of carbonyl (C=O) groups is 1. The van der Waals surface area contributed by atoms with Crippen molar-refractivity contribution in [3.8, 4) is 5.75 Å². The minimum atomic E-state index is -0.413. The number of hydrogen-bond donors (Lipinski definition) is 1. The first kappa shape index (κ1) is 18.4. The van der Waals surface area contributed by atoms with Crippen molar-refractivity contribution in [2.45, 2.75) is 76.0 Å². The summed E-state index contributed by atoms with van der Waals surface area (Å²) in [6, 6.07) is 9.99. The van der Waals surface area contributed by atoms with Gasteiger partial charge in [-0.1, -0.05) is 18.2 Å². The molecule has 0 saturated heterocycles. The zero-order chi connectivity index (χ0) is 19.8. The van der Waals surface area contributed by atoms with Gasteiger partial charge in [-0.05, 0) is 75.0 Å². The van der Waals surface area contributed by atoms with E-state index in [1.165, 1.54) is 5.56 Å². The largest absolute Gasteiger partial charge is 0.480 e. The lowest BCUT2D eigenvalue weighted by Gasteiger charge is -2.31. The van der Waals surface area contributed by atoms with Crippen molar-refractivity contribution in [3.63, 3.8) is 0 Å². The normalized spacial score (nSPS) is 25.6. The molecule has 6 nitrogen and oxygen atoms in total. The third-order valence-corrected chi connectivity index (χ3v) is 6.58. The molecular weight excluding hydrogens is 366 g/mol. The van der Waals surface area contributed by atoms with Crippen LogP contribution in [0.3, 0.4) is 0 Å². The van der Waals surface area contributed by atoms with Gasteiger partial charge in [0.15, 0.2) is 6.10 Å². The van der Waals surface area contributed by atoms with Crippen molar-refractivity contribution in [1.82, 2.24) is 15.1 Å². The van der Waals surface area contributed by atoms with Crippen LogP contribution < -0.4 is 15.6 Å². The molecule has 1 aliphatic heterocycles. The SMILES string of the molecule is O=C(NC1CCC(n2nc3c(cc2=O)CCC3)CC1)C1CCc2ccccc2O1. The number of fused-ring (bicyclic) bond motifs is 2. The van der Waals surface area contributed by atoms with E-state index in [1.807, 2.05) is 18.2 Å². The molecule has 2 heterocycles. The number of nitrogens with zero attached hydrogens (tertiary/aromatic N) is 2. The maximum absolute atomic E-state index is 12.7. The molecule has 1 saturated carbocycles. The number of rotatable bonds is 3. The van der Waals surface area contributed by atoms with Crippen LogP contribution in [0, 0.1) is 0 Å². The molecule has 2 aliphatic carbocycles. The molecule has 0 radical (unpaired) electrons. The third-order valence-electron chi connectivity index (χ3n) is 6.58. The molecule has 1 unspecified atom stereocenters. The molecule has 152 valence electrons. The topological polar surface area (TPSA) is 73.2 Å². The molecular formula is C23H27N3O3. The number of para-hydroxylation sites is 1. The Morgan fingerprint density at radius 1 is 1.03 bits per heavy atom. The van der Waals surface area contributed by atoms with Gasteiger partial charge in [0.05, 0.1) is 11.7 Å². The fraction of sp³-hybridized carbons (Fsp3) is 0.522. The lowest BCUT2D eigenvalue weighted by atomic mass is 9.90. The lowest BCUT2D eigenvalue weighted by Crippen LogP contribution is -2.46. The fourth-order valence-electron chi connectivity index (χ4n) is 4.94. The van der Waals surface area contributed by atoms with Crippen LogP contribution in [0.25, 0.3) is 0 Å². The van der Waals surface area contributed by atoms with E-state index in [4.69, 9.17) is 4.74 Å². The highest BCUT2D eigenvalue weighted by atomic mass is 16.5. The Hall–Kier alpha value is -2.63. The Bertz CT molecular complexity index is 976. The Balaban J connectivity index is 1.18. The maximum Gasteiger partial charge on any atom is 0.267 e. The molecule has 6 heteroatoms. The summed E-state index contributed by atoms with van der Waals surface area (Å²) in [5, 5.41) is 7.83. The number of aryl methyl sites for hydroxylation is 3. The highest BCUT2D eigenvalue weighted by Gasteiger charge is 2.30. The minimum Gasteiger partial charge on any atom is -0.480 e. The van der Waals surface area contributed by atoms with Gasteiger partial charge in [-0.3, -0.25) is 9.59 Å². The van der Waals surface area contributed by atoms with Crippen molar-refractivity contribution in [1.29, 1.82) is 0 Å². The number of benzene rings is 1. The molecule has 5 rings (SSSR count). The second-order valence-electron chi connectivity index (χ2n) is 8.52. The Labute approximate surface area is 170 Å². The highest BCUT2D eigenvalue weighted by molar-refractivity contribution is 5.81. The number of hydrogen-bond acceptors (Lipinski definition) is 4. The summed E-state index contributed by atoms with van der Waals surface area (Å²) in [7, 11) is 0. The van der Waals surface area contributed by atoms with Crippen molar-refractivity contribution in [2.24, 2.45) is 0 Å². The molecule has 1 atom stereocenters. The number of amides is 1. The van der Waals surface area contributed by atoms with E-state index >= 15 is 0 Å². The van der Waals surface area contributed by atoms with E-state index in [-0.39, 0.29) is 23.6 Å². The van der Waals surface area contributed by atoms with Gasteiger partial charge in [0.1, 0.15) is 5.75 Å². The zero-order valence-electron chi connectivity index (χ0n) is 16.6. The summed E-state index contributed by atoms with van der Waals surface area (Å²) in [6.07, 6.45) is 7.68. The average Bonchev–Trinajstić information content (AvgIpc) is 3.20. The first-order valence-electron chi connectivity index (χ1n) is 10.8. The third kappa shape index (κ3) is 3.68. The Kier molecular flexibility index (Phi) is 4.86. The lowest BCUT2D eigenvalue weighted by molar-refractivity contribution is -0.129. The summed E-state index contributed by atoms with van der Waals surface area (Å²) < 4.78 is 7.61. The van der Waals surface area contributed by atoms with Gasteiger partial charge in [-0.25, -0.2) is 4.68 Å². The Morgan fingerprint density at radius 2 is 1.86 bits per heavy atom. The molecule has 0 spiro atoms. The standard InChI is InChI=1S/C23H27N3O3/c27-22-14-16-5-3-6-19(16)25-26(22)18-11-9-17(10-12-18)24-23(28)21-13-8-15-4-1-2-7-20(15)29-21/h1-2,4,7,14,17-18,21H,3,5-6,8-13H2,(H,24,28). The van der Waals surface area contributed by atoms with E-state index in [0.717, 1.165) is 68.4 Å². The molecule has 1 aromatic carbocycles. The summed E-state index contributed by atoms with van der Waals surface area (Å²) in [4.78, 5) is 25.2. The van der Waals surface area contributed by atoms with Crippen molar-refractivity contribution < 1.29 is 9.53 Å². The van der Waals surface area contributed by atoms with E-state index < -0.39 is 6.10 Å². The quantitative estimate of drug-likeness (QED) is 0.870. The molecule has 0 bridgehead atoms. The molecule has 2 aromatic rings. The molecule has 1 aromatic heterocycles. The zero-order valence-corrected chi connectivity index (χ0v) is 16.6. The second kappa shape index (κ2) is 7.65. The van der Waals surface area contributed by atoms with E-state index in [1.54, 1.807) is 10.7 Å². The van der Waals surface area contributed by atoms with Gasteiger partial charge in [0.25, 0.3) is 11.5 Å². The van der Waals surface area contributed by atoms with Crippen LogP contribution in [-0.4, -0.2) is 27.8 Å². The fourth-order valence-corrected chi connectivity index (χ4v) is 4.94. The van der Waals surface area contributed by atoms with Gasteiger partial charge >= 0.3 is 0 Å². The van der Waals surface area contributed by atoms with Crippen molar-refractivity contribution >= 4 is 5.91 Å². The van der Waals surface area contributed by atoms with Crippen LogP contribution in [0.5, 0.6) is 5.75 Å². The average molecular weight is 393 g/mol. The van der Waals surface area contributed by atoms with Gasteiger partial charge in [-0.2, -0.15) is 5.10 Å². The minimum absolute atomic E-state index is 0.0178. The van der Waals surface area contributed by atoms with E-state index in [9.17, 15) is 9.59 Å². The maximum atomic E-state index is 12.7.